The second kappa shape index (κ2) is 6.79. The number of anilines is 1. The number of benzene rings is 1. The highest BCUT2D eigenvalue weighted by Crippen LogP contribution is 2.30. The molecule has 0 saturated carbocycles. The Balaban J connectivity index is 2.12. The largest absolute Gasteiger partial charge is 0.377 e. The first-order valence-electron chi connectivity index (χ1n) is 7.53. The van der Waals surface area contributed by atoms with Gasteiger partial charge in [0.15, 0.2) is 0 Å². The van der Waals surface area contributed by atoms with Gasteiger partial charge in [0.25, 0.3) is 0 Å². The maximum Gasteiger partial charge on any atom is 0.0637 e. The van der Waals surface area contributed by atoms with Crippen molar-refractivity contribution in [3.63, 3.8) is 0 Å². The third kappa shape index (κ3) is 3.66. The summed E-state index contributed by atoms with van der Waals surface area (Å²) in [6.07, 6.45) is 3.33. The van der Waals surface area contributed by atoms with Gasteiger partial charge in [-0.05, 0) is 51.8 Å². The van der Waals surface area contributed by atoms with Crippen LogP contribution in [0.25, 0.3) is 0 Å². The van der Waals surface area contributed by atoms with Crippen molar-refractivity contribution in [1.82, 2.24) is 4.90 Å². The molecule has 1 fully saturated rings. The van der Waals surface area contributed by atoms with Gasteiger partial charge in [-0.3, -0.25) is 0 Å². The summed E-state index contributed by atoms with van der Waals surface area (Å²) in [5.41, 5.74) is 7.07. The van der Waals surface area contributed by atoms with E-state index in [-0.39, 0.29) is 5.54 Å². The van der Waals surface area contributed by atoms with E-state index in [2.05, 4.69) is 24.1 Å². The Morgan fingerprint density at radius 1 is 1.30 bits per heavy atom. The number of nitrogens with one attached hydrogen (secondary N) is 1. The summed E-state index contributed by atoms with van der Waals surface area (Å²) < 4.78 is 0. The van der Waals surface area contributed by atoms with Crippen LogP contribution in [-0.2, 0) is 0 Å². The van der Waals surface area contributed by atoms with E-state index in [1.54, 1.807) is 0 Å². The van der Waals surface area contributed by atoms with Crippen molar-refractivity contribution in [3.8, 4) is 0 Å². The number of para-hydroxylation sites is 1. The van der Waals surface area contributed by atoms with E-state index in [4.69, 9.17) is 17.3 Å². The molecule has 0 radical (unpaired) electrons. The lowest BCUT2D eigenvalue weighted by atomic mass is 9.90. The van der Waals surface area contributed by atoms with Crippen LogP contribution in [0, 0.1) is 0 Å². The molecule has 4 heteroatoms. The van der Waals surface area contributed by atoms with E-state index in [0.29, 0.717) is 12.6 Å². The smallest absolute Gasteiger partial charge is 0.0637 e. The molecule has 0 aromatic heterocycles. The molecule has 1 aliphatic rings. The van der Waals surface area contributed by atoms with Gasteiger partial charge in [0.05, 0.1) is 16.2 Å². The van der Waals surface area contributed by atoms with Crippen LogP contribution < -0.4 is 11.1 Å². The van der Waals surface area contributed by atoms with E-state index in [9.17, 15) is 0 Å². The quantitative estimate of drug-likeness (QED) is 0.895. The molecule has 2 rings (SSSR count). The Labute approximate surface area is 127 Å². The van der Waals surface area contributed by atoms with Gasteiger partial charge < -0.3 is 16.0 Å². The lowest BCUT2D eigenvalue weighted by Crippen LogP contribution is -2.46. The van der Waals surface area contributed by atoms with Gasteiger partial charge in [0, 0.05) is 19.1 Å². The Morgan fingerprint density at radius 3 is 2.70 bits per heavy atom. The van der Waals surface area contributed by atoms with E-state index < -0.39 is 0 Å². The Hall–Kier alpha value is -0.770. The van der Waals surface area contributed by atoms with Crippen molar-refractivity contribution in [3.05, 3.63) is 29.3 Å². The first-order chi connectivity index (χ1) is 9.56. The van der Waals surface area contributed by atoms with E-state index in [1.165, 1.54) is 6.42 Å². The maximum absolute atomic E-state index is 6.27. The molecule has 1 heterocycles. The van der Waals surface area contributed by atoms with Crippen molar-refractivity contribution >= 4 is 17.3 Å². The zero-order valence-corrected chi connectivity index (χ0v) is 13.3. The predicted octanol–water partition coefficient (Wildman–Crippen LogP) is 3.34. The summed E-state index contributed by atoms with van der Waals surface area (Å²) in [6, 6.07) is 8.52. The molecule has 1 unspecified atom stereocenters. The number of rotatable bonds is 4. The van der Waals surface area contributed by atoms with Crippen LogP contribution in [0.15, 0.2) is 24.3 Å². The normalized spacial score (nSPS) is 24.6. The Kier molecular flexibility index (Phi) is 5.30. The monoisotopic (exact) mass is 295 g/mol. The molecule has 0 aliphatic carbocycles. The lowest BCUT2D eigenvalue weighted by molar-refractivity contribution is 0.227. The number of halogens is 1. The summed E-state index contributed by atoms with van der Waals surface area (Å²) in [6.45, 7) is 7.41. The Morgan fingerprint density at radius 2 is 2.05 bits per heavy atom. The first-order valence-corrected chi connectivity index (χ1v) is 7.91. The minimum absolute atomic E-state index is 0.0331. The molecule has 1 aliphatic heterocycles. The third-order valence-electron chi connectivity index (χ3n) is 4.37. The van der Waals surface area contributed by atoms with E-state index in [0.717, 1.165) is 36.6 Å². The summed E-state index contributed by atoms with van der Waals surface area (Å²) in [7, 11) is 0. The van der Waals surface area contributed by atoms with Gasteiger partial charge in [0.2, 0.25) is 0 Å². The highest BCUT2D eigenvalue weighted by Gasteiger charge is 2.32. The SMILES string of the molecule is CC(C)N1CCCC(CN)(Nc2ccccc2Cl)CC1. The first kappa shape index (κ1) is 15.6. The summed E-state index contributed by atoms with van der Waals surface area (Å²) >= 11 is 6.27. The van der Waals surface area contributed by atoms with Gasteiger partial charge in [-0.1, -0.05) is 23.7 Å². The maximum atomic E-state index is 6.27. The fourth-order valence-electron chi connectivity index (χ4n) is 2.96. The molecule has 20 heavy (non-hydrogen) atoms. The molecule has 1 aromatic carbocycles. The average Bonchev–Trinajstić information content (AvgIpc) is 2.65. The number of likely N-dealkylation sites (tertiary alicyclic amines) is 1. The zero-order valence-electron chi connectivity index (χ0n) is 12.5. The molecule has 112 valence electrons. The highest BCUT2D eigenvalue weighted by atomic mass is 35.5. The third-order valence-corrected chi connectivity index (χ3v) is 4.70. The van der Waals surface area contributed by atoms with Crippen LogP contribution in [0.2, 0.25) is 5.02 Å². The summed E-state index contributed by atoms with van der Waals surface area (Å²) in [5, 5.41) is 4.40. The van der Waals surface area contributed by atoms with Gasteiger partial charge in [-0.2, -0.15) is 0 Å². The van der Waals surface area contributed by atoms with E-state index in [1.807, 2.05) is 24.3 Å². The van der Waals surface area contributed by atoms with Crippen LogP contribution >= 0.6 is 11.6 Å². The molecule has 3 N–H and O–H groups in total. The topological polar surface area (TPSA) is 41.3 Å². The van der Waals surface area contributed by atoms with Crippen molar-refractivity contribution in [2.45, 2.75) is 44.7 Å². The van der Waals surface area contributed by atoms with Crippen molar-refractivity contribution in [2.24, 2.45) is 5.73 Å². The van der Waals surface area contributed by atoms with Crippen LogP contribution in [0.3, 0.4) is 0 Å². The molecule has 1 atom stereocenters. The van der Waals surface area contributed by atoms with Crippen molar-refractivity contribution in [1.29, 1.82) is 0 Å². The van der Waals surface area contributed by atoms with Crippen molar-refractivity contribution in [2.75, 3.05) is 25.0 Å². The summed E-state index contributed by atoms with van der Waals surface area (Å²) in [5.74, 6) is 0. The van der Waals surface area contributed by atoms with Crippen LogP contribution in [0.5, 0.6) is 0 Å². The number of nitrogens with zero attached hydrogens (tertiary/aromatic N) is 1. The molecule has 1 saturated heterocycles. The minimum Gasteiger partial charge on any atom is -0.377 e. The zero-order chi connectivity index (χ0) is 14.6. The molecular weight excluding hydrogens is 270 g/mol. The second-order valence-electron chi connectivity index (χ2n) is 6.07. The van der Waals surface area contributed by atoms with Crippen LogP contribution in [-0.4, -0.2) is 36.1 Å². The van der Waals surface area contributed by atoms with E-state index >= 15 is 0 Å². The highest BCUT2D eigenvalue weighted by molar-refractivity contribution is 6.33. The van der Waals surface area contributed by atoms with Gasteiger partial charge in [-0.15, -0.1) is 0 Å². The number of hydrogen-bond donors (Lipinski definition) is 2. The number of hydrogen-bond acceptors (Lipinski definition) is 3. The summed E-state index contributed by atoms with van der Waals surface area (Å²) in [4.78, 5) is 2.53. The fourth-order valence-corrected chi connectivity index (χ4v) is 3.14. The molecule has 3 nitrogen and oxygen atoms in total. The number of nitrogens with two attached hydrogens (primary N) is 1. The van der Waals surface area contributed by atoms with Crippen molar-refractivity contribution < 1.29 is 0 Å². The standard InChI is InChI=1S/C16H26ClN3/c1-13(2)20-10-5-8-16(12-18,9-11-20)19-15-7-4-3-6-14(15)17/h3-4,6-7,13,19H,5,8-12,18H2,1-2H3. The second-order valence-corrected chi connectivity index (χ2v) is 6.48. The Bertz CT molecular complexity index is 435. The van der Waals surface area contributed by atoms with Gasteiger partial charge in [0.1, 0.15) is 0 Å². The van der Waals surface area contributed by atoms with Gasteiger partial charge in [-0.25, -0.2) is 0 Å². The molecule has 0 amide bonds. The van der Waals surface area contributed by atoms with Crippen LogP contribution in [0.4, 0.5) is 5.69 Å². The predicted molar refractivity (Wildman–Crippen MR) is 87.4 cm³/mol. The molecule has 1 aromatic rings. The lowest BCUT2D eigenvalue weighted by Gasteiger charge is -2.34. The minimum atomic E-state index is -0.0331. The van der Waals surface area contributed by atoms with Crippen LogP contribution in [0.1, 0.15) is 33.1 Å². The fraction of sp³-hybridized carbons (Fsp3) is 0.625. The molecule has 0 bridgehead atoms. The molecular formula is C16H26ClN3. The molecule has 0 spiro atoms. The van der Waals surface area contributed by atoms with Gasteiger partial charge >= 0.3 is 0 Å². The average molecular weight is 296 g/mol.